The molecule has 0 bridgehead atoms. The Kier molecular flexibility index (Phi) is 3.76. The smallest absolute Gasteiger partial charge is 0.248 e. The molecule has 3 N–H and O–H groups in total. The van der Waals surface area contributed by atoms with Crippen molar-refractivity contribution < 1.29 is 14.4 Å². The van der Waals surface area contributed by atoms with Crippen molar-refractivity contribution in [3.63, 3.8) is 0 Å². The zero-order valence-corrected chi connectivity index (χ0v) is 14.2. The SMILES string of the molecule is NC(=O)c1ccccc1CC(=O)N1CCC2(C1)C(=O)Nc1ccccc12. The van der Waals surface area contributed by atoms with Gasteiger partial charge in [-0.2, -0.15) is 0 Å². The molecule has 6 nitrogen and oxygen atoms in total. The van der Waals surface area contributed by atoms with E-state index in [1.54, 1.807) is 29.2 Å². The van der Waals surface area contributed by atoms with Gasteiger partial charge < -0.3 is 16.0 Å². The van der Waals surface area contributed by atoms with Gasteiger partial charge in [-0.3, -0.25) is 14.4 Å². The van der Waals surface area contributed by atoms with Gasteiger partial charge >= 0.3 is 0 Å². The molecule has 1 unspecified atom stereocenters. The maximum Gasteiger partial charge on any atom is 0.248 e. The first-order chi connectivity index (χ1) is 12.5. The zero-order chi connectivity index (χ0) is 18.3. The minimum atomic E-state index is -0.671. The molecule has 0 saturated carbocycles. The fourth-order valence-corrected chi connectivity index (χ4v) is 3.99. The number of carbonyl (C=O) groups excluding carboxylic acids is 3. The molecule has 1 fully saturated rings. The van der Waals surface area contributed by atoms with Crippen molar-refractivity contribution in [2.24, 2.45) is 5.73 Å². The van der Waals surface area contributed by atoms with Crippen molar-refractivity contribution in [2.75, 3.05) is 18.4 Å². The Bertz CT molecular complexity index is 924. The van der Waals surface area contributed by atoms with Crippen LogP contribution in [0.3, 0.4) is 0 Å². The molecule has 3 amide bonds. The van der Waals surface area contributed by atoms with E-state index in [4.69, 9.17) is 5.73 Å². The van der Waals surface area contributed by atoms with E-state index in [1.165, 1.54) is 0 Å². The van der Waals surface area contributed by atoms with Gasteiger partial charge in [0.25, 0.3) is 0 Å². The molecule has 2 aromatic carbocycles. The van der Waals surface area contributed by atoms with Crippen molar-refractivity contribution in [1.29, 1.82) is 0 Å². The van der Waals surface area contributed by atoms with Crippen LogP contribution < -0.4 is 11.1 Å². The van der Waals surface area contributed by atoms with Crippen LogP contribution in [-0.4, -0.2) is 35.7 Å². The second kappa shape index (κ2) is 5.98. The highest BCUT2D eigenvalue weighted by molar-refractivity contribution is 6.07. The standard InChI is InChI=1S/C20H19N3O3/c21-18(25)14-6-2-1-5-13(14)11-17(24)23-10-9-20(12-23)15-7-3-4-8-16(15)22-19(20)26/h1-8H,9-12H2,(H2,21,25)(H,22,26). The van der Waals surface area contributed by atoms with Gasteiger partial charge in [0.15, 0.2) is 0 Å². The van der Waals surface area contributed by atoms with Gasteiger partial charge in [0.05, 0.1) is 11.8 Å². The number of rotatable bonds is 3. The molecule has 1 spiro atoms. The number of nitrogens with one attached hydrogen (secondary N) is 1. The monoisotopic (exact) mass is 349 g/mol. The van der Waals surface area contributed by atoms with Crippen LogP contribution in [0.15, 0.2) is 48.5 Å². The Morgan fingerprint density at radius 2 is 1.85 bits per heavy atom. The first-order valence-corrected chi connectivity index (χ1v) is 8.58. The van der Waals surface area contributed by atoms with Crippen LogP contribution in [0.25, 0.3) is 0 Å². The first kappa shape index (κ1) is 16.3. The summed E-state index contributed by atoms with van der Waals surface area (Å²) in [5, 5.41) is 2.93. The summed E-state index contributed by atoms with van der Waals surface area (Å²) in [4.78, 5) is 38.7. The second-order valence-electron chi connectivity index (χ2n) is 6.85. The highest BCUT2D eigenvalue weighted by atomic mass is 16.2. The van der Waals surface area contributed by atoms with Crippen molar-refractivity contribution in [3.8, 4) is 0 Å². The van der Waals surface area contributed by atoms with E-state index in [0.717, 1.165) is 11.3 Å². The van der Waals surface area contributed by atoms with E-state index in [9.17, 15) is 14.4 Å². The zero-order valence-electron chi connectivity index (χ0n) is 14.2. The number of amides is 3. The lowest BCUT2D eigenvalue weighted by Gasteiger charge is -2.22. The van der Waals surface area contributed by atoms with Crippen LogP contribution >= 0.6 is 0 Å². The van der Waals surface area contributed by atoms with Gasteiger partial charge in [0, 0.05) is 24.3 Å². The summed E-state index contributed by atoms with van der Waals surface area (Å²) < 4.78 is 0. The lowest BCUT2D eigenvalue weighted by atomic mass is 9.81. The number of para-hydroxylation sites is 1. The van der Waals surface area contributed by atoms with Crippen LogP contribution in [0.1, 0.15) is 27.9 Å². The Morgan fingerprint density at radius 3 is 2.65 bits per heavy atom. The summed E-state index contributed by atoms with van der Waals surface area (Å²) in [6.07, 6.45) is 0.692. The lowest BCUT2D eigenvalue weighted by molar-refractivity contribution is -0.129. The summed E-state index contributed by atoms with van der Waals surface area (Å²) in [6, 6.07) is 14.5. The average molecular weight is 349 g/mol. The summed E-state index contributed by atoms with van der Waals surface area (Å²) in [5.74, 6) is -0.699. The molecule has 2 aliphatic heterocycles. The highest BCUT2D eigenvalue weighted by Gasteiger charge is 2.51. The van der Waals surface area contributed by atoms with E-state index in [-0.39, 0.29) is 18.2 Å². The van der Waals surface area contributed by atoms with Gasteiger partial charge in [-0.15, -0.1) is 0 Å². The Labute approximate surface area is 151 Å². The third-order valence-electron chi connectivity index (χ3n) is 5.37. The van der Waals surface area contributed by atoms with Gasteiger partial charge in [-0.05, 0) is 29.7 Å². The molecular formula is C20H19N3O3. The number of carbonyl (C=O) groups is 3. The van der Waals surface area contributed by atoms with E-state index in [1.807, 2.05) is 24.3 Å². The molecule has 2 heterocycles. The number of hydrogen-bond donors (Lipinski definition) is 2. The number of primary amides is 1. The molecular weight excluding hydrogens is 330 g/mol. The van der Waals surface area contributed by atoms with Gasteiger partial charge in [-0.25, -0.2) is 0 Å². The summed E-state index contributed by atoms with van der Waals surface area (Å²) in [5.41, 5.74) is 7.48. The summed E-state index contributed by atoms with van der Waals surface area (Å²) >= 11 is 0. The van der Waals surface area contributed by atoms with Crippen LogP contribution in [0.4, 0.5) is 5.69 Å². The molecule has 4 rings (SSSR count). The van der Waals surface area contributed by atoms with Crippen LogP contribution in [0.5, 0.6) is 0 Å². The van der Waals surface area contributed by atoms with Crippen molar-refractivity contribution in [1.82, 2.24) is 4.90 Å². The highest BCUT2D eigenvalue weighted by Crippen LogP contribution is 2.44. The molecule has 2 aliphatic rings. The van der Waals surface area contributed by atoms with Gasteiger partial charge in [-0.1, -0.05) is 36.4 Å². The number of nitrogens with two attached hydrogens (primary N) is 1. The molecule has 132 valence electrons. The van der Waals surface area contributed by atoms with Crippen LogP contribution in [-0.2, 0) is 21.4 Å². The Hall–Kier alpha value is -3.15. The molecule has 26 heavy (non-hydrogen) atoms. The number of anilines is 1. The normalized spacial score (nSPS) is 20.9. The minimum Gasteiger partial charge on any atom is -0.366 e. The number of benzene rings is 2. The lowest BCUT2D eigenvalue weighted by Crippen LogP contribution is -2.39. The third kappa shape index (κ3) is 2.45. The largest absolute Gasteiger partial charge is 0.366 e. The van der Waals surface area contributed by atoms with Crippen molar-refractivity contribution in [2.45, 2.75) is 18.3 Å². The third-order valence-corrected chi connectivity index (χ3v) is 5.37. The molecule has 0 radical (unpaired) electrons. The van der Waals surface area contributed by atoms with Crippen molar-refractivity contribution >= 4 is 23.4 Å². The van der Waals surface area contributed by atoms with Gasteiger partial charge in [0.1, 0.15) is 0 Å². The number of nitrogens with zero attached hydrogens (tertiary/aromatic N) is 1. The molecule has 6 heteroatoms. The van der Waals surface area contributed by atoms with E-state index in [0.29, 0.717) is 30.6 Å². The molecule has 0 aromatic heterocycles. The Morgan fingerprint density at radius 1 is 1.12 bits per heavy atom. The second-order valence-corrected chi connectivity index (χ2v) is 6.85. The molecule has 2 aromatic rings. The summed E-state index contributed by atoms with van der Waals surface area (Å²) in [6.45, 7) is 0.868. The average Bonchev–Trinajstić information content (AvgIpc) is 3.19. The van der Waals surface area contributed by atoms with E-state index in [2.05, 4.69) is 5.32 Å². The fourth-order valence-electron chi connectivity index (χ4n) is 3.99. The fraction of sp³-hybridized carbons (Fsp3) is 0.250. The van der Waals surface area contributed by atoms with Crippen molar-refractivity contribution in [3.05, 3.63) is 65.2 Å². The first-order valence-electron chi connectivity index (χ1n) is 8.58. The predicted octanol–water partition coefficient (Wildman–Crippen LogP) is 1.45. The number of hydrogen-bond acceptors (Lipinski definition) is 3. The predicted molar refractivity (Wildman–Crippen MR) is 96.6 cm³/mol. The number of likely N-dealkylation sites (tertiary alicyclic amines) is 1. The molecule has 1 saturated heterocycles. The Balaban J connectivity index is 1.56. The quantitative estimate of drug-likeness (QED) is 0.878. The molecule has 1 atom stereocenters. The minimum absolute atomic E-state index is 0.0495. The van der Waals surface area contributed by atoms with E-state index < -0.39 is 11.3 Å². The topological polar surface area (TPSA) is 92.5 Å². The number of fused-ring (bicyclic) bond motifs is 2. The maximum absolute atomic E-state index is 12.8. The van der Waals surface area contributed by atoms with Crippen LogP contribution in [0, 0.1) is 0 Å². The molecule has 0 aliphatic carbocycles. The maximum atomic E-state index is 12.8. The summed E-state index contributed by atoms with van der Waals surface area (Å²) in [7, 11) is 0. The van der Waals surface area contributed by atoms with E-state index >= 15 is 0 Å². The van der Waals surface area contributed by atoms with Gasteiger partial charge in [0.2, 0.25) is 17.7 Å². The van der Waals surface area contributed by atoms with Crippen LogP contribution in [0.2, 0.25) is 0 Å².